The summed E-state index contributed by atoms with van der Waals surface area (Å²) in [6.45, 7) is 2.91. The standard InChI is InChI=1S/C19H19NO4S/c1-2-23-14-7-5-13(6-8-14)19(22)20-12-15-9-10-17(25-15)18(21)16-4-3-11-24-16/h3-11,18,21H,2,12H2,1H3,(H,20,22). The fraction of sp³-hybridized carbons (Fsp3) is 0.211. The van der Waals surface area contributed by atoms with Gasteiger partial charge in [0.2, 0.25) is 0 Å². The Labute approximate surface area is 149 Å². The van der Waals surface area contributed by atoms with Gasteiger partial charge in [-0.25, -0.2) is 0 Å². The SMILES string of the molecule is CCOc1ccc(C(=O)NCc2ccc(C(O)c3ccco3)s2)cc1. The molecule has 0 aliphatic rings. The Morgan fingerprint density at radius 1 is 1.24 bits per heavy atom. The first-order valence-corrected chi connectivity index (χ1v) is 8.80. The molecule has 0 saturated carbocycles. The zero-order valence-corrected chi connectivity index (χ0v) is 14.6. The van der Waals surface area contributed by atoms with E-state index in [1.165, 1.54) is 17.6 Å². The Balaban J connectivity index is 1.57. The van der Waals surface area contributed by atoms with Crippen molar-refractivity contribution in [1.29, 1.82) is 0 Å². The second-order valence-corrected chi connectivity index (χ2v) is 6.56. The van der Waals surface area contributed by atoms with Gasteiger partial charge < -0.3 is 19.6 Å². The predicted octanol–water partition coefficient (Wildman–Crippen LogP) is 3.75. The molecule has 0 spiro atoms. The van der Waals surface area contributed by atoms with Gasteiger partial charge >= 0.3 is 0 Å². The number of benzene rings is 1. The molecule has 0 fully saturated rings. The summed E-state index contributed by atoms with van der Waals surface area (Å²) in [4.78, 5) is 13.9. The van der Waals surface area contributed by atoms with E-state index < -0.39 is 6.10 Å². The second-order valence-electron chi connectivity index (χ2n) is 5.36. The van der Waals surface area contributed by atoms with Crippen LogP contribution in [0.4, 0.5) is 0 Å². The van der Waals surface area contributed by atoms with Crippen molar-refractivity contribution in [1.82, 2.24) is 5.32 Å². The number of thiophene rings is 1. The minimum atomic E-state index is -0.782. The predicted molar refractivity (Wildman–Crippen MR) is 95.9 cm³/mol. The lowest BCUT2D eigenvalue weighted by Gasteiger charge is -2.06. The van der Waals surface area contributed by atoms with Crippen molar-refractivity contribution >= 4 is 17.2 Å². The molecule has 0 aliphatic heterocycles. The van der Waals surface area contributed by atoms with Gasteiger partial charge in [-0.2, -0.15) is 0 Å². The van der Waals surface area contributed by atoms with E-state index in [2.05, 4.69) is 5.32 Å². The lowest BCUT2D eigenvalue weighted by molar-refractivity contribution is 0.0951. The number of nitrogens with one attached hydrogen (secondary N) is 1. The van der Waals surface area contributed by atoms with E-state index in [1.54, 1.807) is 36.4 Å². The molecule has 1 aromatic carbocycles. The van der Waals surface area contributed by atoms with E-state index in [-0.39, 0.29) is 5.91 Å². The monoisotopic (exact) mass is 357 g/mol. The average molecular weight is 357 g/mol. The van der Waals surface area contributed by atoms with E-state index in [9.17, 15) is 9.90 Å². The number of hydrogen-bond acceptors (Lipinski definition) is 5. The zero-order valence-electron chi connectivity index (χ0n) is 13.8. The van der Waals surface area contributed by atoms with E-state index >= 15 is 0 Å². The fourth-order valence-electron chi connectivity index (χ4n) is 2.36. The van der Waals surface area contributed by atoms with E-state index in [0.717, 1.165) is 15.5 Å². The van der Waals surface area contributed by atoms with Gasteiger partial charge in [0.25, 0.3) is 5.91 Å². The summed E-state index contributed by atoms with van der Waals surface area (Å²) in [6, 6.07) is 14.2. The Morgan fingerprint density at radius 2 is 2.04 bits per heavy atom. The van der Waals surface area contributed by atoms with E-state index in [4.69, 9.17) is 9.15 Å². The minimum Gasteiger partial charge on any atom is -0.494 e. The van der Waals surface area contributed by atoms with Crippen molar-refractivity contribution in [2.45, 2.75) is 19.6 Å². The topological polar surface area (TPSA) is 71.7 Å². The molecule has 0 aliphatic carbocycles. The quantitative estimate of drug-likeness (QED) is 0.675. The molecule has 1 amide bonds. The Hall–Kier alpha value is -2.57. The van der Waals surface area contributed by atoms with Crippen molar-refractivity contribution in [3.05, 3.63) is 75.9 Å². The average Bonchev–Trinajstić information content (AvgIpc) is 3.32. The van der Waals surface area contributed by atoms with Crippen molar-refractivity contribution in [3.8, 4) is 5.75 Å². The van der Waals surface area contributed by atoms with Gasteiger partial charge in [-0.05, 0) is 55.5 Å². The summed E-state index contributed by atoms with van der Waals surface area (Å²) in [7, 11) is 0. The number of carbonyl (C=O) groups excluding carboxylic acids is 1. The van der Waals surface area contributed by atoms with Gasteiger partial charge in [-0.3, -0.25) is 4.79 Å². The second kappa shape index (κ2) is 8.00. The molecule has 3 rings (SSSR count). The smallest absolute Gasteiger partial charge is 0.251 e. The number of furan rings is 1. The summed E-state index contributed by atoms with van der Waals surface area (Å²) in [5, 5.41) is 13.1. The maximum atomic E-state index is 12.2. The molecule has 3 aromatic rings. The van der Waals surface area contributed by atoms with Crippen LogP contribution in [-0.2, 0) is 6.54 Å². The molecule has 0 radical (unpaired) electrons. The summed E-state index contributed by atoms with van der Waals surface area (Å²) < 4.78 is 10.6. The normalized spacial score (nSPS) is 11.9. The van der Waals surface area contributed by atoms with Crippen LogP contribution in [0.25, 0.3) is 0 Å². The molecule has 2 aromatic heterocycles. The van der Waals surface area contributed by atoms with Gasteiger partial charge in [0, 0.05) is 15.3 Å². The van der Waals surface area contributed by atoms with Gasteiger partial charge in [-0.1, -0.05) is 0 Å². The van der Waals surface area contributed by atoms with E-state index in [1.807, 2.05) is 19.1 Å². The van der Waals surface area contributed by atoms with Crippen LogP contribution >= 0.6 is 11.3 Å². The number of amides is 1. The molecule has 130 valence electrons. The molecule has 5 nitrogen and oxygen atoms in total. The zero-order chi connectivity index (χ0) is 17.6. The minimum absolute atomic E-state index is 0.149. The highest BCUT2D eigenvalue weighted by molar-refractivity contribution is 7.12. The summed E-state index contributed by atoms with van der Waals surface area (Å²) in [5.41, 5.74) is 0.579. The van der Waals surface area contributed by atoms with Crippen molar-refractivity contribution in [2.75, 3.05) is 6.61 Å². The summed E-state index contributed by atoms with van der Waals surface area (Å²) in [5.74, 6) is 1.10. The summed E-state index contributed by atoms with van der Waals surface area (Å²) >= 11 is 1.44. The molecule has 1 atom stereocenters. The number of aliphatic hydroxyl groups is 1. The van der Waals surface area contributed by atoms with Crippen LogP contribution in [0, 0.1) is 0 Å². The van der Waals surface area contributed by atoms with Crippen LogP contribution in [-0.4, -0.2) is 17.6 Å². The highest BCUT2D eigenvalue weighted by Gasteiger charge is 2.15. The molecule has 1 unspecified atom stereocenters. The van der Waals surface area contributed by atoms with Crippen LogP contribution in [0.3, 0.4) is 0 Å². The van der Waals surface area contributed by atoms with E-state index in [0.29, 0.717) is 24.5 Å². The van der Waals surface area contributed by atoms with Gasteiger partial charge in [-0.15, -0.1) is 11.3 Å². The Bertz CT molecular complexity index is 808. The number of rotatable bonds is 7. The van der Waals surface area contributed by atoms with Crippen LogP contribution in [0.15, 0.2) is 59.2 Å². The third-order valence-corrected chi connectivity index (χ3v) is 4.75. The fourth-order valence-corrected chi connectivity index (χ4v) is 3.31. The largest absolute Gasteiger partial charge is 0.494 e. The molecule has 2 N–H and O–H groups in total. The van der Waals surface area contributed by atoms with Crippen LogP contribution in [0.2, 0.25) is 0 Å². The van der Waals surface area contributed by atoms with Crippen LogP contribution < -0.4 is 10.1 Å². The van der Waals surface area contributed by atoms with Crippen molar-refractivity contribution in [2.24, 2.45) is 0 Å². The van der Waals surface area contributed by atoms with Crippen LogP contribution in [0.1, 0.15) is 38.9 Å². The molecule has 0 saturated heterocycles. The van der Waals surface area contributed by atoms with Crippen LogP contribution in [0.5, 0.6) is 5.75 Å². The molecule has 0 bridgehead atoms. The molecule has 6 heteroatoms. The van der Waals surface area contributed by atoms with Crippen molar-refractivity contribution < 1.29 is 19.1 Å². The maximum Gasteiger partial charge on any atom is 0.251 e. The number of aliphatic hydroxyl groups excluding tert-OH is 1. The third-order valence-electron chi connectivity index (χ3n) is 3.62. The van der Waals surface area contributed by atoms with Gasteiger partial charge in [0.05, 0.1) is 19.4 Å². The first kappa shape index (κ1) is 17.3. The van der Waals surface area contributed by atoms with Gasteiger partial charge in [0.15, 0.2) is 0 Å². The Morgan fingerprint density at radius 3 is 2.72 bits per heavy atom. The van der Waals surface area contributed by atoms with Gasteiger partial charge in [0.1, 0.15) is 17.6 Å². The molecular formula is C19H19NO4S. The molecule has 2 heterocycles. The number of hydrogen-bond donors (Lipinski definition) is 2. The number of carbonyl (C=O) groups is 1. The first-order chi connectivity index (χ1) is 12.2. The van der Waals surface area contributed by atoms with Crippen molar-refractivity contribution in [3.63, 3.8) is 0 Å². The lowest BCUT2D eigenvalue weighted by Crippen LogP contribution is -2.22. The highest BCUT2D eigenvalue weighted by atomic mass is 32.1. The molecular weight excluding hydrogens is 338 g/mol. The third kappa shape index (κ3) is 4.29. The number of ether oxygens (including phenoxy) is 1. The summed E-state index contributed by atoms with van der Waals surface area (Å²) in [6.07, 6.45) is 0.750. The first-order valence-electron chi connectivity index (χ1n) is 7.98. The lowest BCUT2D eigenvalue weighted by atomic mass is 10.2. The highest BCUT2D eigenvalue weighted by Crippen LogP contribution is 2.28. The maximum absolute atomic E-state index is 12.2. The molecule has 25 heavy (non-hydrogen) atoms. The Kier molecular flexibility index (Phi) is 5.53.